The highest BCUT2D eigenvalue weighted by Gasteiger charge is 2.57. The van der Waals surface area contributed by atoms with Gasteiger partial charge in [-0.2, -0.15) is 27.0 Å². The Morgan fingerprint density at radius 3 is 1.28 bits per heavy atom. The van der Waals surface area contributed by atoms with Crippen LogP contribution >= 0.6 is 27.0 Å². The summed E-state index contributed by atoms with van der Waals surface area (Å²) in [7, 11) is 0. The van der Waals surface area contributed by atoms with Crippen LogP contribution in [-0.2, 0) is 124 Å². The van der Waals surface area contributed by atoms with Crippen LogP contribution in [-0.4, -0.2) is 228 Å². The molecular weight excluding hydrogens is 1580 g/mol. The summed E-state index contributed by atoms with van der Waals surface area (Å²) < 4.78 is 96.4. The van der Waals surface area contributed by atoms with Crippen LogP contribution in [0.5, 0.6) is 0 Å². The molecule has 4 N–H and O–H groups in total. The molecule has 30 nitrogen and oxygen atoms in total. The normalized spacial score (nSPS) is 33.1. The van der Waals surface area contributed by atoms with Gasteiger partial charge in [0.15, 0.2) is 61.5 Å². The van der Waals surface area contributed by atoms with Gasteiger partial charge in [0.25, 0.3) is 0 Å². The number of aliphatic hydroxyl groups is 4. The maximum Gasteiger partial charge on any atom is 0.333 e. The third-order valence-electron chi connectivity index (χ3n) is 21.1. The predicted molar refractivity (Wildman–Crippen MR) is 435 cm³/mol. The Kier molecular flexibility index (Phi) is 44.2. The molecule has 0 radical (unpaired) electrons. The number of fused-ring (bicyclic) bond motifs is 6. The van der Waals surface area contributed by atoms with E-state index in [9.17, 15) is 68.4 Å². The quantitative estimate of drug-likeness (QED) is 0.0690. The van der Waals surface area contributed by atoms with E-state index in [2.05, 4.69) is 6.92 Å². The zero-order valence-corrected chi connectivity index (χ0v) is 71.6. The Balaban J connectivity index is 0.000000413. The standard InChI is InChI=1S/C44H62O14.C42H58O16.2H2S/c1-8-16-32-20-15-10-12-17-27(4)33(46)22-24-35(47)51-25-34-40(56-36(48)23-21-31-18-13-11-14-19-31)41(57-42(50)26(3)9-2)37(49)43(55-34)58-39-28(5)38(53-30(7)45)29(6)52-44(39)54-32;1-6-14-28-17-12-9-13-18-29(44)30(45)20-22-32(46)51-23-31-37(56-33(47)21-19-27-15-10-8-11-16-27)38(57-40(50)24(3)7-2)35(49)41(55-31)58-39-34(48)36(53-26(5)43)25(4)52-42(39)54-28;;/h9,11,13-14,18-19,21,23,27-29,32,34,37-41,43-44,49H,8,10,12,15-17,20,22,24-25H2,1-7H3;7-8,10-11,15-16,19,21,25,28-29,31,34-39,41-42,44,48-49H,6,9,12-14,17-18,20,22-23H2,1-5H3;2*1H2/b23-21+,26-9+;21-19+,24-7+;;/t27-,28?,29?,32?,34?,37?,38?,39?,40?,41?,43?,44?;25?,28-,29-,31?,34?,35?,36?,37?,38?,39?,41?,42?;;/m00../s1. The third kappa shape index (κ3) is 31.3. The minimum absolute atomic E-state index is 0. The molecule has 6 heterocycles. The number of carbonyl (C=O) groups excluding carboxylic acids is 10. The molecule has 2 aromatic carbocycles. The van der Waals surface area contributed by atoms with Gasteiger partial charge in [0.2, 0.25) is 0 Å². The van der Waals surface area contributed by atoms with Crippen molar-refractivity contribution in [3.63, 3.8) is 0 Å². The van der Waals surface area contributed by atoms with E-state index in [4.69, 9.17) is 75.8 Å². The molecule has 8 rings (SSSR count). The molecule has 24 atom stereocenters. The molecule has 118 heavy (non-hydrogen) atoms. The molecule has 21 unspecified atom stereocenters. The van der Waals surface area contributed by atoms with Crippen LogP contribution in [0, 0.1) is 11.8 Å². The van der Waals surface area contributed by atoms with Crippen LogP contribution in [0.3, 0.4) is 0 Å². The summed E-state index contributed by atoms with van der Waals surface area (Å²) >= 11 is 0. The number of benzene rings is 2. The second-order valence-corrected chi connectivity index (χ2v) is 30.2. The number of ketones is 2. The van der Waals surface area contributed by atoms with Crippen molar-refractivity contribution >= 4 is 98.5 Å². The Hall–Kier alpha value is -7.28. The Morgan fingerprint density at radius 2 is 0.839 bits per heavy atom. The van der Waals surface area contributed by atoms with Crippen LogP contribution in [0.15, 0.2) is 96.1 Å². The number of esters is 8. The van der Waals surface area contributed by atoms with Crippen molar-refractivity contribution in [3.05, 3.63) is 107 Å². The first-order valence-corrected chi connectivity index (χ1v) is 40.7. The van der Waals surface area contributed by atoms with E-state index in [1.807, 2.05) is 26.8 Å². The molecule has 6 fully saturated rings. The van der Waals surface area contributed by atoms with Gasteiger partial charge < -0.3 is 96.2 Å². The van der Waals surface area contributed by atoms with Gasteiger partial charge in [0, 0.05) is 61.8 Å². The molecule has 0 aliphatic carbocycles. The van der Waals surface area contributed by atoms with Gasteiger partial charge >= 0.3 is 47.8 Å². The van der Waals surface area contributed by atoms with Gasteiger partial charge in [-0.05, 0) is 103 Å². The predicted octanol–water partition coefficient (Wildman–Crippen LogP) is 9.58. The lowest BCUT2D eigenvalue weighted by molar-refractivity contribution is -0.369. The van der Waals surface area contributed by atoms with Crippen LogP contribution in [0.4, 0.5) is 0 Å². The molecule has 4 bridgehead atoms. The maximum atomic E-state index is 13.4. The van der Waals surface area contributed by atoms with Crippen molar-refractivity contribution in [1.29, 1.82) is 0 Å². The number of carbonyl (C=O) groups is 10. The molecule has 2 aromatic rings. The highest BCUT2D eigenvalue weighted by molar-refractivity contribution is 7.59. The second kappa shape index (κ2) is 51.5. The number of ether oxygens (including phenoxy) is 16. The number of hydrogen-bond acceptors (Lipinski definition) is 30. The summed E-state index contributed by atoms with van der Waals surface area (Å²) in [6.07, 6.45) is -11.1. The number of hydrogen-bond donors (Lipinski definition) is 4. The highest BCUT2D eigenvalue weighted by Crippen LogP contribution is 2.39. The second-order valence-electron chi connectivity index (χ2n) is 30.2. The van der Waals surface area contributed by atoms with Crippen LogP contribution in [0.1, 0.15) is 210 Å². The third-order valence-corrected chi connectivity index (χ3v) is 21.1. The first-order valence-electron chi connectivity index (χ1n) is 40.7. The van der Waals surface area contributed by atoms with Crippen molar-refractivity contribution in [2.45, 2.75) is 334 Å². The maximum absolute atomic E-state index is 13.4. The summed E-state index contributed by atoms with van der Waals surface area (Å²) in [5.74, 6) is -7.60. The van der Waals surface area contributed by atoms with Gasteiger partial charge in [0.1, 0.15) is 73.9 Å². The molecule has 32 heteroatoms. The Bertz CT molecular complexity index is 3400. The molecule has 6 aliphatic heterocycles. The number of Topliss-reactive ketones (excluding diaryl/α,β-unsaturated/α-hetero) is 2. The van der Waals surface area contributed by atoms with Crippen LogP contribution < -0.4 is 0 Å². The fourth-order valence-electron chi connectivity index (χ4n) is 14.3. The van der Waals surface area contributed by atoms with Gasteiger partial charge in [-0.1, -0.05) is 152 Å². The van der Waals surface area contributed by atoms with Gasteiger partial charge in [-0.3, -0.25) is 28.8 Å². The topological polar surface area (TPSA) is 399 Å². The number of allylic oxidation sites excluding steroid dienone is 2. The minimum Gasteiger partial charge on any atom is -0.463 e. The zero-order valence-electron chi connectivity index (χ0n) is 69.6. The van der Waals surface area contributed by atoms with Crippen LogP contribution in [0.25, 0.3) is 12.2 Å². The van der Waals surface area contributed by atoms with E-state index in [-0.39, 0.29) is 88.0 Å². The lowest BCUT2D eigenvalue weighted by atomic mass is 9.90. The minimum atomic E-state index is -1.90. The fourth-order valence-corrected chi connectivity index (χ4v) is 14.3. The summed E-state index contributed by atoms with van der Waals surface area (Å²) in [6.45, 7) is 18.6. The van der Waals surface area contributed by atoms with E-state index in [1.165, 1.54) is 58.1 Å². The van der Waals surface area contributed by atoms with E-state index in [0.717, 1.165) is 44.6 Å². The average molecular weight is 1700 g/mol. The van der Waals surface area contributed by atoms with E-state index in [0.29, 0.717) is 56.1 Å². The van der Waals surface area contributed by atoms with Crippen molar-refractivity contribution in [2.75, 3.05) is 13.2 Å². The van der Waals surface area contributed by atoms with Crippen LogP contribution in [0.2, 0.25) is 0 Å². The van der Waals surface area contributed by atoms with Crippen molar-refractivity contribution in [2.24, 2.45) is 11.8 Å². The van der Waals surface area contributed by atoms with Crippen molar-refractivity contribution in [3.8, 4) is 0 Å². The number of cyclic esters (lactones) is 2. The molecule has 0 saturated carbocycles. The van der Waals surface area contributed by atoms with Gasteiger partial charge in [0.05, 0.1) is 37.3 Å². The van der Waals surface area contributed by atoms with E-state index >= 15 is 0 Å². The fraction of sp³-hybridized carbons (Fsp3) is 0.651. The van der Waals surface area contributed by atoms with Gasteiger partial charge in [-0.25, -0.2) is 19.2 Å². The smallest absolute Gasteiger partial charge is 0.333 e. The lowest BCUT2D eigenvalue weighted by Gasteiger charge is -2.48. The summed E-state index contributed by atoms with van der Waals surface area (Å²) in [5.41, 5.74) is 1.74. The molecule has 0 aromatic heterocycles. The highest BCUT2D eigenvalue weighted by atomic mass is 32.1. The molecule has 660 valence electrons. The molecular formula is C86H124O30S2. The zero-order chi connectivity index (χ0) is 84.7. The molecule has 0 amide bonds. The lowest BCUT2D eigenvalue weighted by Crippen LogP contribution is -2.65. The first kappa shape index (κ1) is 101. The Labute approximate surface area is 705 Å². The van der Waals surface area contributed by atoms with Gasteiger partial charge in [-0.15, -0.1) is 0 Å². The first-order chi connectivity index (χ1) is 55.4. The molecule has 6 aliphatic rings. The summed E-state index contributed by atoms with van der Waals surface area (Å²) in [6, 6.07) is 17.8. The number of rotatable bonds is 16. The molecule has 6 saturated heterocycles. The summed E-state index contributed by atoms with van der Waals surface area (Å²) in [4.78, 5) is 129. The monoisotopic (exact) mass is 1700 g/mol. The van der Waals surface area contributed by atoms with E-state index in [1.54, 1.807) is 82.3 Å². The Morgan fingerprint density at radius 1 is 0.432 bits per heavy atom. The average Bonchev–Trinajstić information content (AvgIpc) is 0.777. The van der Waals surface area contributed by atoms with Crippen molar-refractivity contribution in [1.82, 2.24) is 0 Å². The van der Waals surface area contributed by atoms with Crippen molar-refractivity contribution < 1.29 is 144 Å². The number of aliphatic hydroxyl groups excluding tert-OH is 4. The van der Waals surface area contributed by atoms with E-state index < -0.39 is 202 Å². The largest absolute Gasteiger partial charge is 0.463 e. The molecule has 0 spiro atoms. The SMILES string of the molecule is C/C=C(\C)C(=O)OC1C(O)C2OC(COC(=O)CCC(=O)[C@@H](C)CCCCCC(CCC)OC3OC(C)C(OC(C)=O)C(C)C3O2)C1OC(=O)/C=C/c1ccccc1.C/C=C(\C)C(=O)OC1C(O)C2OC(COC(=O)CCC(=O)[C@@H](O)CCCCC[C@H](CCC)OC3OC(C)C(OC(C)=O)C(O)C3O2)C1OC(=O)/C=C/c1ccccc1.S.S. The summed E-state index contributed by atoms with van der Waals surface area (Å²) in [5, 5.41) is 46.1.